The molecule has 0 aliphatic carbocycles. The van der Waals surface area contributed by atoms with E-state index in [2.05, 4.69) is 63.5 Å². The molecule has 6 nitrogen and oxygen atoms in total. The third kappa shape index (κ3) is 3.98. The van der Waals surface area contributed by atoms with Crippen LogP contribution in [0.3, 0.4) is 0 Å². The van der Waals surface area contributed by atoms with Gasteiger partial charge < -0.3 is 19.2 Å². The number of imidazole rings is 1. The van der Waals surface area contributed by atoms with Crippen LogP contribution in [0, 0.1) is 0 Å². The van der Waals surface area contributed by atoms with E-state index in [-0.39, 0.29) is 18.3 Å². The number of nitrogens with one attached hydrogen (secondary N) is 1. The molecule has 2 fully saturated rings. The Labute approximate surface area is 216 Å². The zero-order valence-electron chi connectivity index (χ0n) is 19.2. The molecule has 36 heavy (non-hydrogen) atoms. The molecule has 3 aromatic carbocycles. The van der Waals surface area contributed by atoms with E-state index < -0.39 is 0 Å². The molecule has 8 heteroatoms. The van der Waals surface area contributed by atoms with Crippen molar-refractivity contribution in [3.8, 4) is 38.8 Å². The third-order valence-corrected chi connectivity index (χ3v) is 7.96. The fourth-order valence-corrected chi connectivity index (χ4v) is 5.89. The van der Waals surface area contributed by atoms with Crippen LogP contribution >= 0.6 is 22.9 Å². The van der Waals surface area contributed by atoms with E-state index in [1.807, 2.05) is 23.7 Å². The Balaban J connectivity index is 1.12. The standard InChI is InChI=1S/C28H22ClN3O3S/c29-21-14-23-22(31-28(32-23)35-25-15-34-24-9-11-33-26(24)25)13-20(21)18-5-1-16(2-6-18)17-3-7-19(8-4-17)27-30-10-12-36-27/h1-8,10,12-14,24-26H,9,11,15H2,(H,31,32). The molecule has 0 amide bonds. The highest BCUT2D eigenvalue weighted by Gasteiger charge is 2.43. The van der Waals surface area contributed by atoms with Gasteiger partial charge in [0.1, 0.15) is 11.1 Å². The van der Waals surface area contributed by atoms with Crippen LogP contribution in [0.15, 0.2) is 72.2 Å². The van der Waals surface area contributed by atoms with E-state index >= 15 is 0 Å². The molecular formula is C28H22ClN3O3S. The average molecular weight is 516 g/mol. The molecule has 0 bridgehead atoms. The first-order chi connectivity index (χ1) is 17.7. The van der Waals surface area contributed by atoms with Crippen molar-refractivity contribution < 1.29 is 14.2 Å². The lowest BCUT2D eigenvalue weighted by Gasteiger charge is -2.15. The summed E-state index contributed by atoms with van der Waals surface area (Å²) < 4.78 is 17.7. The van der Waals surface area contributed by atoms with Gasteiger partial charge in [-0.05, 0) is 35.2 Å². The molecule has 4 heterocycles. The van der Waals surface area contributed by atoms with Crippen molar-refractivity contribution >= 4 is 34.0 Å². The summed E-state index contributed by atoms with van der Waals surface area (Å²) in [4.78, 5) is 12.3. The molecule has 0 radical (unpaired) electrons. The van der Waals surface area contributed by atoms with Crippen LogP contribution in [-0.2, 0) is 9.47 Å². The van der Waals surface area contributed by atoms with Gasteiger partial charge in [-0.1, -0.05) is 60.1 Å². The van der Waals surface area contributed by atoms with Gasteiger partial charge >= 0.3 is 0 Å². The predicted molar refractivity (Wildman–Crippen MR) is 142 cm³/mol. The Morgan fingerprint density at radius 2 is 1.69 bits per heavy atom. The molecule has 2 aromatic heterocycles. The molecule has 1 N–H and O–H groups in total. The minimum absolute atomic E-state index is 0.0283. The second-order valence-corrected chi connectivity index (χ2v) is 10.3. The van der Waals surface area contributed by atoms with E-state index in [1.165, 1.54) is 0 Å². The second-order valence-electron chi connectivity index (χ2n) is 9.04. The maximum absolute atomic E-state index is 6.68. The number of thiazole rings is 1. The summed E-state index contributed by atoms with van der Waals surface area (Å²) in [5.41, 5.74) is 7.01. The van der Waals surface area contributed by atoms with Gasteiger partial charge in [0.15, 0.2) is 6.10 Å². The quantitative estimate of drug-likeness (QED) is 0.285. The summed E-state index contributed by atoms with van der Waals surface area (Å²) in [6.07, 6.45) is 2.69. The van der Waals surface area contributed by atoms with Crippen LogP contribution in [0.25, 0.3) is 43.9 Å². The Morgan fingerprint density at radius 3 is 2.44 bits per heavy atom. The average Bonchev–Trinajstić information content (AvgIpc) is 3.70. The largest absolute Gasteiger partial charge is 0.456 e. The number of nitrogens with zero attached hydrogens (tertiary/aromatic N) is 2. The number of hydrogen-bond acceptors (Lipinski definition) is 6. The minimum Gasteiger partial charge on any atom is -0.456 e. The highest BCUT2D eigenvalue weighted by Crippen LogP contribution is 2.35. The first-order valence-corrected chi connectivity index (χ1v) is 13.2. The zero-order valence-corrected chi connectivity index (χ0v) is 20.8. The van der Waals surface area contributed by atoms with Crippen LogP contribution in [0.5, 0.6) is 6.01 Å². The number of rotatable bonds is 5. The molecule has 2 aliphatic heterocycles. The smallest absolute Gasteiger partial charge is 0.295 e. The van der Waals surface area contributed by atoms with Gasteiger partial charge in [0.05, 0.1) is 28.8 Å². The Bertz CT molecular complexity index is 1520. The molecule has 7 rings (SSSR count). The van der Waals surface area contributed by atoms with Crippen molar-refractivity contribution in [1.29, 1.82) is 0 Å². The van der Waals surface area contributed by atoms with E-state index in [0.29, 0.717) is 24.2 Å². The highest BCUT2D eigenvalue weighted by atomic mass is 35.5. The van der Waals surface area contributed by atoms with Crippen molar-refractivity contribution in [3.63, 3.8) is 0 Å². The molecule has 3 atom stereocenters. The number of aromatic amines is 1. The van der Waals surface area contributed by atoms with Crippen LogP contribution in [0.1, 0.15) is 6.42 Å². The first-order valence-electron chi connectivity index (χ1n) is 11.9. The van der Waals surface area contributed by atoms with Crippen LogP contribution in [0.4, 0.5) is 0 Å². The fraction of sp³-hybridized carbons (Fsp3) is 0.214. The van der Waals surface area contributed by atoms with E-state index in [1.54, 1.807) is 11.3 Å². The number of aromatic nitrogens is 3. The van der Waals surface area contributed by atoms with Crippen LogP contribution in [-0.4, -0.2) is 46.5 Å². The summed E-state index contributed by atoms with van der Waals surface area (Å²) in [7, 11) is 0. The summed E-state index contributed by atoms with van der Waals surface area (Å²) in [5.74, 6) is 0. The number of halogens is 1. The molecule has 3 unspecified atom stereocenters. The van der Waals surface area contributed by atoms with Crippen molar-refractivity contribution in [2.75, 3.05) is 13.2 Å². The van der Waals surface area contributed by atoms with Gasteiger partial charge in [0.2, 0.25) is 0 Å². The Kier molecular flexibility index (Phi) is 5.51. The molecule has 180 valence electrons. The fourth-order valence-electron chi connectivity index (χ4n) is 4.97. The summed E-state index contributed by atoms with van der Waals surface area (Å²) in [5, 5.41) is 3.67. The van der Waals surface area contributed by atoms with Crippen molar-refractivity contribution in [3.05, 3.63) is 77.3 Å². The monoisotopic (exact) mass is 515 g/mol. The minimum atomic E-state index is -0.156. The number of hydrogen-bond donors (Lipinski definition) is 1. The molecule has 0 saturated carbocycles. The first kappa shape index (κ1) is 22.0. The van der Waals surface area contributed by atoms with Gasteiger partial charge in [0, 0.05) is 29.3 Å². The van der Waals surface area contributed by atoms with E-state index in [9.17, 15) is 0 Å². The van der Waals surface area contributed by atoms with Crippen molar-refractivity contribution in [2.45, 2.75) is 24.7 Å². The number of ether oxygens (including phenoxy) is 3. The summed E-state index contributed by atoms with van der Waals surface area (Å²) in [6.45, 7) is 1.23. The molecule has 2 aliphatic rings. The molecular weight excluding hydrogens is 494 g/mol. The Morgan fingerprint density at radius 1 is 0.944 bits per heavy atom. The number of benzene rings is 3. The van der Waals surface area contributed by atoms with Crippen LogP contribution in [0.2, 0.25) is 5.02 Å². The lowest BCUT2D eigenvalue weighted by atomic mass is 9.99. The summed E-state index contributed by atoms with van der Waals surface area (Å²) >= 11 is 8.32. The lowest BCUT2D eigenvalue weighted by Crippen LogP contribution is -2.32. The van der Waals surface area contributed by atoms with E-state index in [0.717, 1.165) is 50.3 Å². The van der Waals surface area contributed by atoms with Gasteiger partial charge in [-0.2, -0.15) is 4.98 Å². The van der Waals surface area contributed by atoms with Gasteiger partial charge in [0.25, 0.3) is 6.01 Å². The molecule has 0 spiro atoms. The van der Waals surface area contributed by atoms with Gasteiger partial charge in [-0.3, -0.25) is 0 Å². The molecule has 5 aromatic rings. The predicted octanol–water partition coefficient (Wildman–Crippen LogP) is 6.61. The highest BCUT2D eigenvalue weighted by molar-refractivity contribution is 7.13. The third-order valence-electron chi connectivity index (χ3n) is 6.83. The SMILES string of the molecule is Clc1cc2[nH]c(OC3COC4CCOC43)nc2cc1-c1ccc(-c2ccc(-c3nccs3)cc2)cc1. The van der Waals surface area contributed by atoms with Gasteiger partial charge in [-0.15, -0.1) is 11.3 Å². The number of fused-ring (bicyclic) bond motifs is 2. The maximum Gasteiger partial charge on any atom is 0.295 e. The Hall–Kier alpha value is -3.23. The van der Waals surface area contributed by atoms with Crippen molar-refractivity contribution in [1.82, 2.24) is 15.0 Å². The summed E-state index contributed by atoms with van der Waals surface area (Å²) in [6, 6.07) is 21.3. The zero-order chi connectivity index (χ0) is 24.1. The topological polar surface area (TPSA) is 69.3 Å². The normalized spacial score (nSPS) is 21.2. The maximum atomic E-state index is 6.68. The molecule has 2 saturated heterocycles. The van der Waals surface area contributed by atoms with E-state index in [4.69, 9.17) is 25.8 Å². The second kappa shape index (κ2) is 9.01. The van der Waals surface area contributed by atoms with Crippen LogP contribution < -0.4 is 4.74 Å². The van der Waals surface area contributed by atoms with Gasteiger partial charge in [-0.25, -0.2) is 4.98 Å². The lowest BCUT2D eigenvalue weighted by molar-refractivity contribution is 0.0273. The number of H-pyrrole nitrogens is 1. The van der Waals surface area contributed by atoms with Crippen molar-refractivity contribution in [2.24, 2.45) is 0 Å².